The predicted octanol–water partition coefficient (Wildman–Crippen LogP) is 3.94. The molecule has 30 heavy (non-hydrogen) atoms. The molecule has 0 heterocycles. The summed E-state index contributed by atoms with van der Waals surface area (Å²) in [6.45, 7) is -1.74. The van der Waals surface area contributed by atoms with Crippen molar-refractivity contribution in [1.29, 1.82) is 0 Å². The molecule has 0 aromatic heterocycles. The second-order valence-corrected chi connectivity index (χ2v) is 5.16. The Morgan fingerprint density at radius 3 is 1.77 bits per heavy atom. The van der Waals surface area contributed by atoms with Crippen molar-refractivity contribution >= 4 is 17.6 Å². The summed E-state index contributed by atoms with van der Waals surface area (Å²) in [7, 11) is 0. The highest BCUT2D eigenvalue weighted by Crippen LogP contribution is 2.38. The van der Waals surface area contributed by atoms with Crippen LogP contribution in [0.15, 0.2) is 18.2 Å². The Morgan fingerprint density at radius 1 is 0.867 bits per heavy atom. The first kappa shape index (κ1) is 24.9. The Morgan fingerprint density at radius 2 is 1.33 bits per heavy atom. The number of carbonyl (C=O) groups excluding carboxylic acids is 2. The summed E-state index contributed by atoms with van der Waals surface area (Å²) in [6.07, 6.45) is -12.8. The molecular weight excluding hydrogens is 456 g/mol. The van der Waals surface area contributed by atoms with Crippen molar-refractivity contribution in [2.45, 2.75) is 30.8 Å². The maximum absolute atomic E-state index is 12.9. The number of rotatable bonds is 6. The molecule has 0 bridgehead atoms. The van der Waals surface area contributed by atoms with E-state index in [4.69, 9.17) is 0 Å². The van der Waals surface area contributed by atoms with Gasteiger partial charge in [0, 0.05) is 17.7 Å². The molecule has 0 fully saturated rings. The van der Waals surface area contributed by atoms with Gasteiger partial charge in [-0.15, -0.1) is 0 Å². The summed E-state index contributed by atoms with van der Waals surface area (Å²) >= 11 is 0. The number of nitro benzene ring substituents is 1. The molecule has 1 rings (SSSR count). The Balaban J connectivity index is 3.21. The zero-order chi connectivity index (χ0) is 23.7. The van der Waals surface area contributed by atoms with E-state index in [1.54, 1.807) is 0 Å². The quantitative estimate of drug-likeness (QED) is 0.210. The molecule has 0 radical (unpaired) electrons. The van der Waals surface area contributed by atoms with Gasteiger partial charge in [-0.2, -0.15) is 43.9 Å². The second-order valence-electron chi connectivity index (χ2n) is 5.16. The van der Waals surface area contributed by atoms with E-state index < -0.39 is 64.7 Å². The Hall–Kier alpha value is -3.14. The van der Waals surface area contributed by atoms with Gasteiger partial charge in [0.1, 0.15) is 12.4 Å². The number of hydrogen-bond acceptors (Lipinski definition) is 6. The third kappa shape index (κ3) is 5.07. The fraction of sp³-hybridized carbons (Fsp3) is 0.385. The van der Waals surface area contributed by atoms with Gasteiger partial charge in [-0.3, -0.25) is 10.1 Å². The van der Waals surface area contributed by atoms with E-state index in [0.29, 0.717) is 6.07 Å². The lowest BCUT2D eigenvalue weighted by atomic mass is 10.2. The standard InChI is InChI=1S/C13H5F10NO6/c14-10(15,12(18,19)20)8(25)29-4-5-3-6(24(27)28)1-2-7(5)30-9(26)11(16,17)13(21,22)23/h1-3H,4H2. The lowest BCUT2D eigenvalue weighted by molar-refractivity contribution is -0.385. The fourth-order valence-electron chi connectivity index (χ4n) is 1.52. The molecule has 7 nitrogen and oxygen atoms in total. The van der Waals surface area contributed by atoms with E-state index >= 15 is 0 Å². The number of nitro groups is 1. The number of alkyl halides is 10. The largest absolute Gasteiger partial charge is 0.465 e. The van der Waals surface area contributed by atoms with Gasteiger partial charge in [-0.05, 0) is 6.07 Å². The molecule has 0 amide bonds. The average Bonchev–Trinajstić information content (AvgIpc) is 2.58. The molecule has 17 heteroatoms. The average molecular weight is 461 g/mol. The van der Waals surface area contributed by atoms with E-state index in [-0.39, 0.29) is 12.1 Å². The lowest BCUT2D eigenvalue weighted by Gasteiger charge is -2.19. The molecular formula is C13H5F10NO6. The number of non-ortho nitro benzene ring substituents is 1. The first-order valence-corrected chi connectivity index (χ1v) is 6.88. The zero-order valence-electron chi connectivity index (χ0n) is 13.6. The zero-order valence-corrected chi connectivity index (χ0v) is 13.6. The van der Waals surface area contributed by atoms with Gasteiger partial charge in [0.15, 0.2) is 0 Å². The van der Waals surface area contributed by atoms with Crippen molar-refractivity contribution in [1.82, 2.24) is 0 Å². The van der Waals surface area contributed by atoms with Crippen LogP contribution in [0.2, 0.25) is 0 Å². The van der Waals surface area contributed by atoms with Crippen LogP contribution in [-0.2, 0) is 20.9 Å². The third-order valence-electron chi connectivity index (χ3n) is 3.04. The van der Waals surface area contributed by atoms with Gasteiger partial charge in [0.2, 0.25) is 0 Å². The van der Waals surface area contributed by atoms with Crippen LogP contribution < -0.4 is 4.74 Å². The summed E-state index contributed by atoms with van der Waals surface area (Å²) in [4.78, 5) is 31.5. The number of nitrogens with zero attached hydrogens (tertiary/aromatic N) is 1. The van der Waals surface area contributed by atoms with Crippen molar-refractivity contribution in [3.63, 3.8) is 0 Å². The fourth-order valence-corrected chi connectivity index (χ4v) is 1.52. The predicted molar refractivity (Wildman–Crippen MR) is 70.5 cm³/mol. The molecule has 0 saturated carbocycles. The number of esters is 2. The van der Waals surface area contributed by atoms with Crippen molar-refractivity contribution in [2.75, 3.05) is 0 Å². The van der Waals surface area contributed by atoms with E-state index in [1.165, 1.54) is 0 Å². The summed E-state index contributed by atoms with van der Waals surface area (Å²) < 4.78 is 132. The number of hydrogen-bond donors (Lipinski definition) is 0. The number of carbonyl (C=O) groups is 2. The van der Waals surface area contributed by atoms with Crippen molar-refractivity contribution in [3.8, 4) is 5.75 Å². The molecule has 0 unspecified atom stereocenters. The normalized spacial score (nSPS) is 13.0. The summed E-state index contributed by atoms with van der Waals surface area (Å²) in [5.74, 6) is -20.0. The summed E-state index contributed by atoms with van der Waals surface area (Å²) in [5.41, 5.74) is -2.13. The highest BCUT2D eigenvalue weighted by molar-refractivity contribution is 5.81. The van der Waals surface area contributed by atoms with E-state index in [9.17, 15) is 63.6 Å². The monoisotopic (exact) mass is 461 g/mol. The Bertz CT molecular complexity index is 848. The molecule has 0 aliphatic carbocycles. The first-order valence-electron chi connectivity index (χ1n) is 6.88. The molecule has 0 saturated heterocycles. The van der Waals surface area contributed by atoms with Crippen LogP contribution in [0.5, 0.6) is 5.75 Å². The minimum Gasteiger partial charge on any atom is -0.456 e. The minimum atomic E-state index is -6.42. The van der Waals surface area contributed by atoms with Gasteiger partial charge in [-0.1, -0.05) is 0 Å². The molecule has 0 aliphatic rings. The van der Waals surface area contributed by atoms with Crippen LogP contribution in [0.25, 0.3) is 0 Å². The molecule has 1 aromatic carbocycles. The molecule has 168 valence electrons. The van der Waals surface area contributed by atoms with Crippen LogP contribution in [-0.4, -0.2) is 41.1 Å². The van der Waals surface area contributed by atoms with Gasteiger partial charge in [-0.25, -0.2) is 9.59 Å². The Kier molecular flexibility index (Phi) is 6.59. The Labute approximate surface area is 157 Å². The highest BCUT2D eigenvalue weighted by Gasteiger charge is 2.66. The van der Waals surface area contributed by atoms with Gasteiger partial charge in [0.05, 0.1) is 4.92 Å². The van der Waals surface area contributed by atoms with Crippen LogP contribution >= 0.6 is 0 Å². The molecule has 0 atom stereocenters. The van der Waals surface area contributed by atoms with Crippen LogP contribution in [0.1, 0.15) is 5.56 Å². The third-order valence-corrected chi connectivity index (χ3v) is 3.04. The summed E-state index contributed by atoms with van der Waals surface area (Å²) in [5, 5.41) is 10.7. The van der Waals surface area contributed by atoms with E-state index in [1.807, 2.05) is 0 Å². The lowest BCUT2D eigenvalue weighted by Crippen LogP contribution is -2.46. The van der Waals surface area contributed by atoms with Crippen molar-refractivity contribution in [2.24, 2.45) is 0 Å². The molecule has 0 spiro atoms. The van der Waals surface area contributed by atoms with Crippen molar-refractivity contribution in [3.05, 3.63) is 33.9 Å². The topological polar surface area (TPSA) is 95.7 Å². The van der Waals surface area contributed by atoms with Gasteiger partial charge in [0.25, 0.3) is 5.69 Å². The van der Waals surface area contributed by atoms with E-state index in [0.717, 1.165) is 0 Å². The SMILES string of the molecule is O=C(OCc1cc([N+](=O)[O-])ccc1OC(=O)C(F)(F)C(F)(F)F)C(F)(F)C(F)(F)F. The smallest absolute Gasteiger partial charge is 0.456 e. The molecule has 1 aromatic rings. The number of benzene rings is 1. The van der Waals surface area contributed by atoms with Crippen molar-refractivity contribution < 1.29 is 67.9 Å². The van der Waals surface area contributed by atoms with Crippen LogP contribution in [0.4, 0.5) is 49.6 Å². The summed E-state index contributed by atoms with van der Waals surface area (Å²) in [6, 6.07) is 0.880. The maximum atomic E-state index is 12.9. The second kappa shape index (κ2) is 7.94. The van der Waals surface area contributed by atoms with Gasteiger partial charge >= 0.3 is 36.1 Å². The van der Waals surface area contributed by atoms with E-state index in [2.05, 4.69) is 9.47 Å². The maximum Gasteiger partial charge on any atom is 0.465 e. The number of halogens is 10. The highest BCUT2D eigenvalue weighted by atomic mass is 19.4. The number of ether oxygens (including phenoxy) is 2. The van der Waals surface area contributed by atoms with Crippen LogP contribution in [0.3, 0.4) is 0 Å². The minimum absolute atomic E-state index is 0.216. The molecule has 0 aliphatic heterocycles. The van der Waals surface area contributed by atoms with Gasteiger partial charge < -0.3 is 9.47 Å². The molecule has 0 N–H and O–H groups in total. The van der Waals surface area contributed by atoms with Crippen LogP contribution in [0, 0.1) is 10.1 Å². The first-order chi connectivity index (χ1) is 13.3.